The Bertz CT molecular complexity index is 656. The second kappa shape index (κ2) is 7.97. The highest BCUT2D eigenvalue weighted by Gasteiger charge is 2.29. The van der Waals surface area contributed by atoms with Crippen LogP contribution in [0, 0.1) is 5.82 Å². The number of halogens is 2. The molecular formula is C18H22ClFN2O. The van der Waals surface area contributed by atoms with Crippen LogP contribution in [0.25, 0.3) is 0 Å². The molecule has 0 saturated carbocycles. The van der Waals surface area contributed by atoms with Crippen molar-refractivity contribution in [2.24, 2.45) is 0 Å². The van der Waals surface area contributed by atoms with Crippen LogP contribution in [0.4, 0.5) is 10.1 Å². The van der Waals surface area contributed by atoms with E-state index in [0.717, 1.165) is 17.7 Å². The van der Waals surface area contributed by atoms with E-state index in [0.29, 0.717) is 12.1 Å². The molecule has 0 fully saturated rings. The van der Waals surface area contributed by atoms with E-state index in [9.17, 15) is 9.18 Å². The van der Waals surface area contributed by atoms with Gasteiger partial charge < -0.3 is 11.1 Å². The Morgan fingerprint density at radius 3 is 2.43 bits per heavy atom. The van der Waals surface area contributed by atoms with Gasteiger partial charge in [-0.1, -0.05) is 24.3 Å². The van der Waals surface area contributed by atoms with Crippen LogP contribution in [-0.2, 0) is 16.6 Å². The molecule has 0 spiro atoms. The topological polar surface area (TPSA) is 55.1 Å². The molecule has 3 nitrogen and oxygen atoms in total. The average molecular weight is 337 g/mol. The van der Waals surface area contributed by atoms with Gasteiger partial charge in [0.2, 0.25) is 5.91 Å². The summed E-state index contributed by atoms with van der Waals surface area (Å²) in [5.41, 5.74) is 7.36. The Morgan fingerprint density at radius 1 is 1.17 bits per heavy atom. The van der Waals surface area contributed by atoms with Crippen LogP contribution >= 0.6 is 12.4 Å². The fraction of sp³-hybridized carbons (Fsp3) is 0.278. The lowest BCUT2D eigenvalue weighted by Gasteiger charge is -2.24. The van der Waals surface area contributed by atoms with Crippen molar-refractivity contribution in [1.29, 1.82) is 0 Å². The molecule has 124 valence electrons. The predicted octanol–water partition coefficient (Wildman–Crippen LogP) is 3.47. The molecule has 0 heterocycles. The minimum atomic E-state index is -0.775. The molecular weight excluding hydrogens is 315 g/mol. The number of nitrogens with two attached hydrogens (primary N) is 1. The summed E-state index contributed by atoms with van der Waals surface area (Å²) in [4.78, 5) is 12.4. The maximum atomic E-state index is 13.3. The number of rotatable bonds is 5. The van der Waals surface area contributed by atoms with Crippen molar-refractivity contribution in [1.82, 2.24) is 5.32 Å². The molecule has 0 aliphatic rings. The van der Waals surface area contributed by atoms with Gasteiger partial charge in [0.25, 0.3) is 0 Å². The number of anilines is 1. The molecule has 5 heteroatoms. The third-order valence-electron chi connectivity index (χ3n) is 3.79. The predicted molar refractivity (Wildman–Crippen MR) is 94.2 cm³/mol. The molecule has 0 aromatic heterocycles. The fourth-order valence-corrected chi connectivity index (χ4v) is 2.23. The monoisotopic (exact) mass is 336 g/mol. The summed E-state index contributed by atoms with van der Waals surface area (Å²) in [6.07, 6.45) is 0.727. The summed E-state index contributed by atoms with van der Waals surface area (Å²) < 4.78 is 13.3. The van der Waals surface area contributed by atoms with Crippen molar-refractivity contribution >= 4 is 24.0 Å². The SMILES string of the molecule is CC(C)(C(=O)NCCc1ccc(N)cc1)c1cccc(F)c1.Cl. The summed E-state index contributed by atoms with van der Waals surface area (Å²) in [7, 11) is 0. The Labute approximate surface area is 142 Å². The zero-order chi connectivity index (χ0) is 16.2. The van der Waals surface area contributed by atoms with Crippen molar-refractivity contribution in [2.75, 3.05) is 12.3 Å². The highest BCUT2D eigenvalue weighted by atomic mass is 35.5. The molecule has 2 aromatic carbocycles. The minimum Gasteiger partial charge on any atom is -0.399 e. The van der Waals surface area contributed by atoms with Crippen LogP contribution in [-0.4, -0.2) is 12.5 Å². The number of nitrogens with one attached hydrogen (secondary N) is 1. The second-order valence-electron chi connectivity index (χ2n) is 5.88. The summed E-state index contributed by atoms with van der Waals surface area (Å²) in [6, 6.07) is 13.7. The van der Waals surface area contributed by atoms with Gasteiger partial charge in [-0.3, -0.25) is 4.79 Å². The first-order valence-corrected chi connectivity index (χ1v) is 7.28. The van der Waals surface area contributed by atoms with Gasteiger partial charge in [-0.05, 0) is 55.7 Å². The van der Waals surface area contributed by atoms with Crippen LogP contribution in [0.15, 0.2) is 48.5 Å². The van der Waals surface area contributed by atoms with Gasteiger partial charge in [0.15, 0.2) is 0 Å². The molecule has 23 heavy (non-hydrogen) atoms. The number of nitrogen functional groups attached to an aromatic ring is 1. The first kappa shape index (κ1) is 19.0. The molecule has 0 aliphatic heterocycles. The third kappa shape index (κ3) is 4.96. The third-order valence-corrected chi connectivity index (χ3v) is 3.79. The molecule has 0 atom stereocenters. The molecule has 2 aromatic rings. The van der Waals surface area contributed by atoms with E-state index in [1.54, 1.807) is 26.0 Å². The molecule has 0 unspecified atom stereocenters. The van der Waals surface area contributed by atoms with Crippen LogP contribution < -0.4 is 11.1 Å². The van der Waals surface area contributed by atoms with Crippen molar-refractivity contribution < 1.29 is 9.18 Å². The van der Waals surface area contributed by atoms with Gasteiger partial charge in [-0.25, -0.2) is 4.39 Å². The number of benzene rings is 2. The van der Waals surface area contributed by atoms with Crippen molar-refractivity contribution in [2.45, 2.75) is 25.7 Å². The van der Waals surface area contributed by atoms with E-state index in [1.165, 1.54) is 12.1 Å². The lowest BCUT2D eigenvalue weighted by Crippen LogP contribution is -2.41. The van der Waals surface area contributed by atoms with Gasteiger partial charge in [-0.15, -0.1) is 12.4 Å². The summed E-state index contributed by atoms with van der Waals surface area (Å²) in [6.45, 7) is 4.11. The maximum absolute atomic E-state index is 13.3. The minimum absolute atomic E-state index is 0. The van der Waals surface area contributed by atoms with Crippen molar-refractivity contribution in [3.63, 3.8) is 0 Å². The Morgan fingerprint density at radius 2 is 1.83 bits per heavy atom. The molecule has 0 radical (unpaired) electrons. The van der Waals surface area contributed by atoms with Crippen molar-refractivity contribution in [3.8, 4) is 0 Å². The Hall–Kier alpha value is -2.07. The first-order valence-electron chi connectivity index (χ1n) is 7.28. The quantitative estimate of drug-likeness (QED) is 0.821. The van der Waals surface area contributed by atoms with Crippen LogP contribution in [0.3, 0.4) is 0 Å². The number of hydrogen-bond donors (Lipinski definition) is 2. The Kier molecular flexibility index (Phi) is 6.58. The van der Waals surface area contributed by atoms with Gasteiger partial charge in [-0.2, -0.15) is 0 Å². The number of carbonyl (C=O) groups is 1. The Balaban J connectivity index is 0.00000264. The highest BCUT2D eigenvalue weighted by molar-refractivity contribution is 5.87. The largest absolute Gasteiger partial charge is 0.399 e. The van der Waals surface area contributed by atoms with E-state index in [4.69, 9.17) is 5.73 Å². The number of amides is 1. The zero-order valence-electron chi connectivity index (χ0n) is 13.3. The fourth-order valence-electron chi connectivity index (χ4n) is 2.23. The standard InChI is InChI=1S/C18H21FN2O.ClH/c1-18(2,14-4-3-5-15(19)12-14)17(22)21-11-10-13-6-8-16(20)9-7-13;/h3-9,12H,10-11,20H2,1-2H3,(H,21,22);1H. The van der Waals surface area contributed by atoms with Crippen LogP contribution in [0.2, 0.25) is 0 Å². The molecule has 2 rings (SSSR count). The average Bonchev–Trinajstić information content (AvgIpc) is 2.49. The van der Waals surface area contributed by atoms with E-state index < -0.39 is 5.41 Å². The highest BCUT2D eigenvalue weighted by Crippen LogP contribution is 2.23. The summed E-state index contributed by atoms with van der Waals surface area (Å²) in [5, 5.41) is 2.91. The van der Waals surface area contributed by atoms with Gasteiger partial charge in [0.1, 0.15) is 5.82 Å². The summed E-state index contributed by atoms with van der Waals surface area (Å²) in [5.74, 6) is -0.450. The smallest absolute Gasteiger partial charge is 0.230 e. The van der Waals surface area contributed by atoms with Gasteiger partial charge in [0, 0.05) is 12.2 Å². The van der Waals surface area contributed by atoms with Gasteiger partial charge in [0.05, 0.1) is 5.41 Å². The maximum Gasteiger partial charge on any atom is 0.230 e. The van der Waals surface area contributed by atoms with E-state index in [-0.39, 0.29) is 24.1 Å². The van der Waals surface area contributed by atoms with Crippen LogP contribution in [0.5, 0.6) is 0 Å². The molecule has 0 saturated heterocycles. The van der Waals surface area contributed by atoms with Crippen molar-refractivity contribution in [3.05, 3.63) is 65.5 Å². The number of hydrogen-bond acceptors (Lipinski definition) is 2. The molecule has 3 N–H and O–H groups in total. The van der Waals surface area contributed by atoms with Crippen LogP contribution in [0.1, 0.15) is 25.0 Å². The zero-order valence-corrected chi connectivity index (χ0v) is 14.1. The van der Waals surface area contributed by atoms with E-state index >= 15 is 0 Å². The normalized spacial score (nSPS) is 10.7. The lowest BCUT2D eigenvalue weighted by molar-refractivity contribution is -0.125. The van der Waals surface area contributed by atoms with E-state index in [1.807, 2.05) is 24.3 Å². The number of carbonyl (C=O) groups excluding carboxylic acids is 1. The first-order chi connectivity index (χ1) is 10.4. The van der Waals surface area contributed by atoms with Gasteiger partial charge >= 0.3 is 0 Å². The lowest BCUT2D eigenvalue weighted by atomic mass is 9.83. The second-order valence-corrected chi connectivity index (χ2v) is 5.88. The molecule has 1 amide bonds. The molecule has 0 aliphatic carbocycles. The molecule has 0 bridgehead atoms. The summed E-state index contributed by atoms with van der Waals surface area (Å²) >= 11 is 0. The van der Waals surface area contributed by atoms with E-state index in [2.05, 4.69) is 5.32 Å².